The van der Waals surface area contributed by atoms with E-state index in [1.54, 1.807) is 18.5 Å². The van der Waals surface area contributed by atoms with Gasteiger partial charge in [-0.3, -0.25) is 4.98 Å². The highest BCUT2D eigenvalue weighted by atomic mass is 79.9. The van der Waals surface area contributed by atoms with Gasteiger partial charge in [-0.15, -0.1) is 0 Å². The summed E-state index contributed by atoms with van der Waals surface area (Å²) >= 11 is 3.32. The van der Waals surface area contributed by atoms with Gasteiger partial charge in [-0.1, -0.05) is 13.8 Å². The van der Waals surface area contributed by atoms with Crippen LogP contribution in [0.15, 0.2) is 35.2 Å². The first-order chi connectivity index (χ1) is 9.54. The van der Waals surface area contributed by atoms with Gasteiger partial charge in [0.1, 0.15) is 11.6 Å². The molecular weight excluding hydrogens is 325 g/mol. The standard InChI is InChI=1S/C14H15BrFN3O/c1-9(2)18-5-10-3-12(16)7-19-14(10)20-13-4-11(15)6-17-8-13/h3-4,6-9,18H,5H2,1-2H3. The second kappa shape index (κ2) is 6.76. The van der Waals surface area contributed by atoms with E-state index in [9.17, 15) is 4.39 Å². The summed E-state index contributed by atoms with van der Waals surface area (Å²) in [7, 11) is 0. The highest BCUT2D eigenvalue weighted by Gasteiger charge is 2.09. The lowest BCUT2D eigenvalue weighted by Crippen LogP contribution is -2.22. The zero-order chi connectivity index (χ0) is 14.5. The van der Waals surface area contributed by atoms with E-state index in [2.05, 4.69) is 31.2 Å². The highest BCUT2D eigenvalue weighted by molar-refractivity contribution is 9.10. The van der Waals surface area contributed by atoms with Crippen molar-refractivity contribution in [2.45, 2.75) is 26.4 Å². The van der Waals surface area contributed by atoms with Crippen LogP contribution < -0.4 is 10.1 Å². The van der Waals surface area contributed by atoms with Gasteiger partial charge in [0.15, 0.2) is 0 Å². The minimum absolute atomic E-state index is 0.290. The Morgan fingerprint density at radius 1 is 1.30 bits per heavy atom. The molecule has 2 aromatic heterocycles. The van der Waals surface area contributed by atoms with E-state index in [-0.39, 0.29) is 5.82 Å². The maximum absolute atomic E-state index is 13.3. The van der Waals surface area contributed by atoms with Crippen LogP contribution in [0.4, 0.5) is 4.39 Å². The monoisotopic (exact) mass is 339 g/mol. The third-order valence-corrected chi connectivity index (χ3v) is 2.92. The molecule has 0 amide bonds. The molecule has 0 saturated carbocycles. The summed E-state index contributed by atoms with van der Waals surface area (Å²) in [6.45, 7) is 4.52. The van der Waals surface area contributed by atoms with Crippen LogP contribution in [0.5, 0.6) is 11.6 Å². The number of pyridine rings is 2. The fourth-order valence-corrected chi connectivity index (χ4v) is 1.90. The Hall–Kier alpha value is -1.53. The normalized spacial score (nSPS) is 10.8. The van der Waals surface area contributed by atoms with Crippen molar-refractivity contribution in [3.8, 4) is 11.6 Å². The largest absolute Gasteiger partial charge is 0.437 e. The van der Waals surface area contributed by atoms with E-state index >= 15 is 0 Å². The highest BCUT2D eigenvalue weighted by Crippen LogP contribution is 2.25. The zero-order valence-corrected chi connectivity index (χ0v) is 12.8. The van der Waals surface area contributed by atoms with Crippen LogP contribution in [0.3, 0.4) is 0 Å². The predicted octanol–water partition coefficient (Wildman–Crippen LogP) is 3.67. The number of nitrogens with one attached hydrogen (secondary N) is 1. The average molecular weight is 340 g/mol. The Balaban J connectivity index is 2.21. The molecule has 6 heteroatoms. The fourth-order valence-electron chi connectivity index (χ4n) is 1.56. The third-order valence-electron chi connectivity index (χ3n) is 2.49. The van der Waals surface area contributed by atoms with Crippen LogP contribution in [0.25, 0.3) is 0 Å². The van der Waals surface area contributed by atoms with Crippen LogP contribution in [-0.4, -0.2) is 16.0 Å². The van der Waals surface area contributed by atoms with Gasteiger partial charge in [0.2, 0.25) is 5.88 Å². The molecule has 0 aromatic carbocycles. The maximum Gasteiger partial charge on any atom is 0.223 e. The molecule has 0 saturated heterocycles. The lowest BCUT2D eigenvalue weighted by atomic mass is 10.2. The van der Waals surface area contributed by atoms with Crippen LogP contribution in [0, 0.1) is 5.82 Å². The average Bonchev–Trinajstić information content (AvgIpc) is 2.39. The Morgan fingerprint density at radius 3 is 2.80 bits per heavy atom. The minimum Gasteiger partial charge on any atom is -0.437 e. The summed E-state index contributed by atoms with van der Waals surface area (Å²) in [6, 6.07) is 3.49. The quantitative estimate of drug-likeness (QED) is 0.902. The lowest BCUT2D eigenvalue weighted by molar-refractivity contribution is 0.443. The van der Waals surface area contributed by atoms with Gasteiger partial charge < -0.3 is 10.1 Å². The molecule has 0 aliphatic rings. The van der Waals surface area contributed by atoms with Crippen LogP contribution in [0.1, 0.15) is 19.4 Å². The predicted molar refractivity (Wildman–Crippen MR) is 78.2 cm³/mol. The molecule has 0 spiro atoms. The molecule has 0 atom stereocenters. The summed E-state index contributed by atoms with van der Waals surface area (Å²) in [5.41, 5.74) is 0.665. The van der Waals surface area contributed by atoms with Crippen molar-refractivity contribution < 1.29 is 9.13 Å². The van der Waals surface area contributed by atoms with Crippen LogP contribution in [-0.2, 0) is 6.54 Å². The Morgan fingerprint density at radius 2 is 2.10 bits per heavy atom. The molecule has 0 bridgehead atoms. The molecule has 0 aliphatic heterocycles. The number of ether oxygens (including phenoxy) is 1. The summed E-state index contributed by atoms with van der Waals surface area (Å²) in [4.78, 5) is 8.01. The van der Waals surface area contributed by atoms with Crippen molar-refractivity contribution >= 4 is 15.9 Å². The summed E-state index contributed by atoms with van der Waals surface area (Å²) in [5.74, 6) is 0.536. The van der Waals surface area contributed by atoms with E-state index < -0.39 is 0 Å². The number of hydrogen-bond donors (Lipinski definition) is 1. The Bertz CT molecular complexity index is 592. The molecule has 0 aliphatic carbocycles. The van der Waals surface area contributed by atoms with Gasteiger partial charge in [0.05, 0.1) is 12.4 Å². The second-order valence-electron chi connectivity index (χ2n) is 4.59. The van der Waals surface area contributed by atoms with E-state index in [1.807, 2.05) is 13.8 Å². The van der Waals surface area contributed by atoms with Crippen molar-refractivity contribution in [3.63, 3.8) is 0 Å². The van der Waals surface area contributed by atoms with E-state index in [0.29, 0.717) is 29.8 Å². The molecule has 2 heterocycles. The molecule has 0 fully saturated rings. The Labute approximate surface area is 125 Å². The lowest BCUT2D eigenvalue weighted by Gasteiger charge is -2.12. The van der Waals surface area contributed by atoms with Crippen molar-refractivity contribution in [1.82, 2.24) is 15.3 Å². The number of rotatable bonds is 5. The molecule has 2 aromatic rings. The molecule has 20 heavy (non-hydrogen) atoms. The topological polar surface area (TPSA) is 47.0 Å². The first-order valence-electron chi connectivity index (χ1n) is 6.21. The van der Waals surface area contributed by atoms with Gasteiger partial charge in [0.25, 0.3) is 0 Å². The van der Waals surface area contributed by atoms with Gasteiger partial charge in [-0.05, 0) is 28.1 Å². The van der Waals surface area contributed by atoms with Crippen LogP contribution >= 0.6 is 15.9 Å². The number of hydrogen-bond acceptors (Lipinski definition) is 4. The zero-order valence-electron chi connectivity index (χ0n) is 11.2. The van der Waals surface area contributed by atoms with E-state index in [1.165, 1.54) is 6.07 Å². The van der Waals surface area contributed by atoms with E-state index in [0.717, 1.165) is 10.7 Å². The van der Waals surface area contributed by atoms with Gasteiger partial charge in [-0.2, -0.15) is 0 Å². The second-order valence-corrected chi connectivity index (χ2v) is 5.51. The van der Waals surface area contributed by atoms with Gasteiger partial charge >= 0.3 is 0 Å². The third kappa shape index (κ3) is 4.25. The molecule has 106 valence electrons. The molecule has 4 nitrogen and oxygen atoms in total. The van der Waals surface area contributed by atoms with E-state index in [4.69, 9.17) is 4.74 Å². The number of aromatic nitrogens is 2. The molecule has 2 rings (SSSR count). The Kier molecular flexibility index (Phi) is 5.03. The van der Waals surface area contributed by atoms with Gasteiger partial charge in [0, 0.05) is 28.8 Å². The van der Waals surface area contributed by atoms with Crippen molar-refractivity contribution in [2.24, 2.45) is 0 Å². The first kappa shape index (κ1) is 14.9. The fraction of sp³-hybridized carbons (Fsp3) is 0.286. The smallest absolute Gasteiger partial charge is 0.223 e. The minimum atomic E-state index is -0.384. The molecule has 0 unspecified atom stereocenters. The summed E-state index contributed by atoms with van der Waals surface area (Å²) < 4.78 is 19.8. The number of nitrogens with zero attached hydrogens (tertiary/aromatic N) is 2. The number of halogens is 2. The molecule has 1 N–H and O–H groups in total. The van der Waals surface area contributed by atoms with Crippen molar-refractivity contribution in [3.05, 3.63) is 46.6 Å². The van der Waals surface area contributed by atoms with Crippen LogP contribution in [0.2, 0.25) is 0 Å². The SMILES string of the molecule is CC(C)NCc1cc(F)cnc1Oc1cncc(Br)c1. The van der Waals surface area contributed by atoms with Crippen molar-refractivity contribution in [1.29, 1.82) is 0 Å². The summed E-state index contributed by atoms with van der Waals surface area (Å²) in [6.07, 6.45) is 4.38. The van der Waals surface area contributed by atoms with Gasteiger partial charge in [-0.25, -0.2) is 9.37 Å². The van der Waals surface area contributed by atoms with Crippen molar-refractivity contribution in [2.75, 3.05) is 0 Å². The summed E-state index contributed by atoms with van der Waals surface area (Å²) in [5, 5.41) is 3.21. The first-order valence-corrected chi connectivity index (χ1v) is 7.00. The molecular formula is C14H15BrFN3O. The molecule has 0 radical (unpaired) electrons. The maximum atomic E-state index is 13.3.